The summed E-state index contributed by atoms with van der Waals surface area (Å²) >= 11 is 0. The quantitative estimate of drug-likeness (QED) is 0.810. The van der Waals surface area contributed by atoms with E-state index in [9.17, 15) is 4.79 Å². The smallest absolute Gasteiger partial charge is 0.325 e. The Kier molecular flexibility index (Phi) is 2.18. The Hall–Kier alpha value is -1.52. The Balaban J connectivity index is 1.61. The van der Waals surface area contributed by atoms with Gasteiger partial charge in [0.25, 0.3) is 0 Å². The van der Waals surface area contributed by atoms with Crippen molar-refractivity contribution in [2.24, 2.45) is 17.8 Å². The van der Waals surface area contributed by atoms with Crippen molar-refractivity contribution in [3.8, 4) is 0 Å². The third-order valence-corrected chi connectivity index (χ3v) is 4.15. The first kappa shape index (κ1) is 10.6. The molecule has 1 saturated carbocycles. The lowest BCUT2D eigenvalue weighted by molar-refractivity contribution is 0.214. The van der Waals surface area contributed by atoms with E-state index in [0.29, 0.717) is 17.9 Å². The van der Waals surface area contributed by atoms with E-state index in [0.717, 1.165) is 30.5 Å². The molecular formula is C12H17N3O2. The van der Waals surface area contributed by atoms with Crippen LogP contribution in [0.5, 0.6) is 0 Å². The van der Waals surface area contributed by atoms with Gasteiger partial charge in [-0.15, -0.1) is 0 Å². The van der Waals surface area contributed by atoms with E-state index in [4.69, 9.17) is 4.42 Å². The molecule has 2 heterocycles. The molecule has 1 aliphatic heterocycles. The summed E-state index contributed by atoms with van der Waals surface area (Å²) in [4.78, 5) is 17.9. The molecule has 17 heavy (non-hydrogen) atoms. The van der Waals surface area contributed by atoms with Gasteiger partial charge in [-0.25, -0.2) is 4.79 Å². The van der Waals surface area contributed by atoms with Gasteiger partial charge in [-0.3, -0.25) is 5.32 Å². The average Bonchev–Trinajstić information content (AvgIpc) is 2.69. The first-order valence-corrected chi connectivity index (χ1v) is 6.06. The molecule has 1 saturated heterocycles. The molecule has 1 aromatic heterocycles. The molecule has 2 amide bonds. The fourth-order valence-electron chi connectivity index (χ4n) is 2.69. The molecule has 1 N–H and O–H groups in total. The highest BCUT2D eigenvalue weighted by Crippen LogP contribution is 2.51. The largest absolute Gasteiger partial charge is 0.428 e. The number of oxazole rings is 1. The van der Waals surface area contributed by atoms with Crippen LogP contribution < -0.4 is 5.32 Å². The van der Waals surface area contributed by atoms with E-state index in [1.54, 1.807) is 0 Å². The molecule has 1 aromatic rings. The van der Waals surface area contributed by atoms with Gasteiger partial charge in [-0.2, -0.15) is 4.98 Å². The number of carbonyl (C=O) groups excluding carboxylic acids is 1. The number of aromatic nitrogens is 1. The number of likely N-dealkylation sites (tertiary alicyclic amines) is 1. The summed E-state index contributed by atoms with van der Waals surface area (Å²) in [6.45, 7) is 7.70. The Bertz CT molecular complexity index is 437. The van der Waals surface area contributed by atoms with Crippen molar-refractivity contribution >= 4 is 12.0 Å². The zero-order valence-electron chi connectivity index (χ0n) is 10.4. The van der Waals surface area contributed by atoms with E-state index < -0.39 is 0 Å². The maximum Gasteiger partial charge on any atom is 0.325 e. The first-order chi connectivity index (χ1) is 8.06. The zero-order valence-corrected chi connectivity index (χ0v) is 10.4. The number of hydrogen-bond donors (Lipinski definition) is 1. The van der Waals surface area contributed by atoms with Crippen molar-refractivity contribution in [1.29, 1.82) is 0 Å². The van der Waals surface area contributed by atoms with Crippen molar-refractivity contribution in [2.45, 2.75) is 20.8 Å². The summed E-state index contributed by atoms with van der Waals surface area (Å²) in [5.74, 6) is 2.98. The number of nitrogens with zero attached hydrogens (tertiary/aromatic N) is 2. The summed E-state index contributed by atoms with van der Waals surface area (Å²) in [7, 11) is 0. The van der Waals surface area contributed by atoms with E-state index in [-0.39, 0.29) is 6.03 Å². The van der Waals surface area contributed by atoms with Crippen molar-refractivity contribution in [3.63, 3.8) is 0 Å². The topological polar surface area (TPSA) is 58.4 Å². The molecule has 0 radical (unpaired) electrons. The van der Waals surface area contributed by atoms with Crippen LogP contribution in [0.1, 0.15) is 18.4 Å². The highest BCUT2D eigenvalue weighted by Gasteiger charge is 2.53. The maximum absolute atomic E-state index is 11.9. The number of rotatable bonds is 1. The number of fused-ring (bicyclic) bond motifs is 1. The van der Waals surface area contributed by atoms with Crippen LogP contribution in [0.15, 0.2) is 4.42 Å². The number of piperidine rings is 1. The molecular weight excluding hydrogens is 218 g/mol. The molecule has 3 rings (SSSR count). The number of amides is 2. The lowest BCUT2D eigenvalue weighted by atomic mass is 10.3. The van der Waals surface area contributed by atoms with Crippen LogP contribution in [0.4, 0.5) is 10.8 Å². The summed E-state index contributed by atoms with van der Waals surface area (Å²) in [5, 5.41) is 2.71. The molecule has 92 valence electrons. The first-order valence-electron chi connectivity index (χ1n) is 6.06. The van der Waals surface area contributed by atoms with Gasteiger partial charge >= 0.3 is 12.0 Å². The minimum absolute atomic E-state index is 0.0920. The highest BCUT2D eigenvalue weighted by atomic mass is 16.4. The number of hydrogen-bond acceptors (Lipinski definition) is 3. The molecule has 5 heteroatoms. The van der Waals surface area contributed by atoms with Crippen molar-refractivity contribution in [2.75, 3.05) is 18.4 Å². The van der Waals surface area contributed by atoms with Gasteiger partial charge in [0.2, 0.25) is 0 Å². The second kappa shape index (κ2) is 3.48. The number of urea groups is 1. The van der Waals surface area contributed by atoms with E-state index in [1.807, 2.05) is 18.7 Å². The third-order valence-electron chi connectivity index (χ3n) is 4.15. The van der Waals surface area contributed by atoms with Gasteiger partial charge in [0.1, 0.15) is 5.76 Å². The average molecular weight is 235 g/mol. The predicted molar refractivity (Wildman–Crippen MR) is 62.7 cm³/mol. The monoisotopic (exact) mass is 235 g/mol. The minimum atomic E-state index is -0.0920. The van der Waals surface area contributed by atoms with Gasteiger partial charge in [0.05, 0.1) is 5.69 Å². The summed E-state index contributed by atoms with van der Waals surface area (Å²) in [5.41, 5.74) is 0.818. The number of carbonyl (C=O) groups is 1. The van der Waals surface area contributed by atoms with E-state index in [1.165, 1.54) is 0 Å². The molecule has 1 aliphatic carbocycles. The van der Waals surface area contributed by atoms with Gasteiger partial charge in [-0.1, -0.05) is 6.92 Å². The Morgan fingerprint density at radius 1 is 1.41 bits per heavy atom. The maximum atomic E-state index is 11.9. The number of nitrogens with one attached hydrogen (secondary N) is 1. The van der Waals surface area contributed by atoms with E-state index >= 15 is 0 Å². The molecule has 2 fully saturated rings. The van der Waals surface area contributed by atoms with Crippen molar-refractivity contribution in [1.82, 2.24) is 9.88 Å². The highest BCUT2D eigenvalue weighted by molar-refractivity contribution is 5.87. The fourth-order valence-corrected chi connectivity index (χ4v) is 2.69. The van der Waals surface area contributed by atoms with Crippen LogP contribution >= 0.6 is 0 Å². The summed E-state index contributed by atoms with van der Waals surface area (Å²) in [6.07, 6.45) is 0. The van der Waals surface area contributed by atoms with Crippen LogP contribution in [0, 0.1) is 31.6 Å². The zero-order chi connectivity index (χ0) is 12.2. The SMILES string of the molecule is Cc1nc(NC(=O)N2C[C@@H]3C(C)[C@@H]3C2)oc1C. The predicted octanol–water partition coefficient (Wildman–Crippen LogP) is 2.02. The third kappa shape index (κ3) is 1.69. The van der Waals surface area contributed by atoms with Crippen LogP contribution in [0.3, 0.4) is 0 Å². The number of aryl methyl sites for hydroxylation is 2. The van der Waals surface area contributed by atoms with Crippen LogP contribution in [0.2, 0.25) is 0 Å². The molecule has 2 aliphatic rings. The lowest BCUT2D eigenvalue weighted by Gasteiger charge is -2.18. The van der Waals surface area contributed by atoms with Crippen molar-refractivity contribution < 1.29 is 9.21 Å². The van der Waals surface area contributed by atoms with Gasteiger partial charge < -0.3 is 9.32 Å². The minimum Gasteiger partial charge on any atom is -0.428 e. The molecule has 3 atom stereocenters. The summed E-state index contributed by atoms with van der Waals surface area (Å²) < 4.78 is 5.33. The van der Waals surface area contributed by atoms with Crippen LogP contribution in [-0.2, 0) is 0 Å². The standard InChI is InChI=1S/C12H17N3O2/c1-6-9-4-15(5-10(6)9)12(16)14-11-13-7(2)8(3)17-11/h6,9-10H,4-5H2,1-3H3,(H,13,14,16)/t6?,9-,10+. The molecule has 1 unspecified atom stereocenters. The Labute approximate surface area is 100 Å². The summed E-state index contributed by atoms with van der Waals surface area (Å²) in [6, 6.07) is 0.212. The molecule has 0 spiro atoms. The molecule has 0 aromatic carbocycles. The van der Waals surface area contributed by atoms with Crippen LogP contribution in [0.25, 0.3) is 0 Å². The van der Waals surface area contributed by atoms with Crippen molar-refractivity contribution in [3.05, 3.63) is 11.5 Å². The lowest BCUT2D eigenvalue weighted by Crippen LogP contribution is -2.35. The fraction of sp³-hybridized carbons (Fsp3) is 0.667. The van der Waals surface area contributed by atoms with E-state index in [2.05, 4.69) is 17.2 Å². The molecule has 5 nitrogen and oxygen atoms in total. The normalized spacial score (nSPS) is 30.3. The molecule has 0 bridgehead atoms. The number of anilines is 1. The van der Waals surface area contributed by atoms with Gasteiger partial charge in [-0.05, 0) is 31.6 Å². The Morgan fingerprint density at radius 2 is 2.06 bits per heavy atom. The van der Waals surface area contributed by atoms with Gasteiger partial charge in [0, 0.05) is 13.1 Å². The van der Waals surface area contributed by atoms with Gasteiger partial charge in [0.15, 0.2) is 0 Å². The second-order valence-corrected chi connectivity index (χ2v) is 5.18. The van der Waals surface area contributed by atoms with Crippen LogP contribution in [-0.4, -0.2) is 29.0 Å². The second-order valence-electron chi connectivity index (χ2n) is 5.18. The Morgan fingerprint density at radius 3 is 2.59 bits per heavy atom.